The molecule has 0 aliphatic carbocycles. The van der Waals surface area contributed by atoms with Crippen LogP contribution in [0.3, 0.4) is 0 Å². The summed E-state index contributed by atoms with van der Waals surface area (Å²) in [5.74, 6) is 0.924. The Kier molecular flexibility index (Phi) is 5.72. The van der Waals surface area contributed by atoms with Crippen LogP contribution in [-0.4, -0.2) is 26.9 Å². The van der Waals surface area contributed by atoms with Crippen LogP contribution in [0.1, 0.15) is 18.9 Å². The van der Waals surface area contributed by atoms with Crippen molar-refractivity contribution in [3.05, 3.63) is 23.8 Å². The van der Waals surface area contributed by atoms with E-state index < -0.39 is 0 Å². The second-order valence-electron chi connectivity index (χ2n) is 3.72. The average Bonchev–Trinajstić information content (AvgIpc) is 2.29. The highest BCUT2D eigenvalue weighted by molar-refractivity contribution is 5.50. The van der Waals surface area contributed by atoms with Gasteiger partial charge in [0.05, 0.1) is 13.7 Å². The van der Waals surface area contributed by atoms with Gasteiger partial charge in [0.1, 0.15) is 5.75 Å². The van der Waals surface area contributed by atoms with Crippen molar-refractivity contribution in [3.8, 4) is 5.75 Å². The Balaban J connectivity index is 2.34. The highest BCUT2D eigenvalue weighted by Gasteiger charge is 1.98. The molecule has 0 aromatic heterocycles. The summed E-state index contributed by atoms with van der Waals surface area (Å²) in [6, 6.07) is 6.08. The number of ether oxygens (including phenoxy) is 2. The van der Waals surface area contributed by atoms with E-state index in [4.69, 9.17) is 9.47 Å². The summed E-state index contributed by atoms with van der Waals surface area (Å²) in [7, 11) is 1.69. The molecule has 0 atom stereocenters. The van der Waals surface area contributed by atoms with Crippen LogP contribution in [0.4, 0.5) is 5.69 Å². The van der Waals surface area contributed by atoms with Crippen molar-refractivity contribution in [1.82, 2.24) is 0 Å². The summed E-state index contributed by atoms with van der Waals surface area (Å²) in [6.45, 7) is 6.58. The number of hydrogen-bond donors (Lipinski definition) is 1. The predicted molar refractivity (Wildman–Crippen MR) is 67.3 cm³/mol. The number of anilines is 1. The lowest BCUT2D eigenvalue weighted by Gasteiger charge is -2.09. The summed E-state index contributed by atoms with van der Waals surface area (Å²) >= 11 is 0. The second kappa shape index (κ2) is 7.12. The first-order chi connectivity index (χ1) is 7.77. The molecule has 0 radical (unpaired) electrons. The van der Waals surface area contributed by atoms with Crippen molar-refractivity contribution in [3.63, 3.8) is 0 Å². The van der Waals surface area contributed by atoms with E-state index in [1.165, 1.54) is 0 Å². The van der Waals surface area contributed by atoms with Crippen LogP contribution < -0.4 is 10.1 Å². The van der Waals surface area contributed by atoms with Gasteiger partial charge in [0.2, 0.25) is 0 Å². The molecule has 0 unspecified atom stereocenters. The van der Waals surface area contributed by atoms with Gasteiger partial charge >= 0.3 is 0 Å². The van der Waals surface area contributed by atoms with Gasteiger partial charge in [-0.25, -0.2) is 0 Å². The molecule has 0 spiro atoms. The minimum absolute atomic E-state index is 0.749. The Morgan fingerprint density at radius 3 is 2.69 bits per heavy atom. The minimum atomic E-state index is 0.749. The van der Waals surface area contributed by atoms with Crippen LogP contribution in [0.25, 0.3) is 0 Å². The number of hydrogen-bond acceptors (Lipinski definition) is 3. The molecular formula is C13H21NO2. The number of nitrogens with one attached hydrogen (secondary N) is 1. The monoisotopic (exact) mass is 223 g/mol. The molecule has 1 aromatic carbocycles. The Labute approximate surface area is 97.8 Å². The van der Waals surface area contributed by atoms with Crippen molar-refractivity contribution < 1.29 is 9.47 Å². The SMILES string of the molecule is CCCOCCNc1ccc(OC)c(C)c1. The van der Waals surface area contributed by atoms with Crippen LogP contribution in [0.15, 0.2) is 18.2 Å². The van der Waals surface area contributed by atoms with E-state index in [-0.39, 0.29) is 0 Å². The van der Waals surface area contributed by atoms with Gasteiger partial charge in [-0.05, 0) is 37.1 Å². The zero-order valence-electron chi connectivity index (χ0n) is 10.4. The van der Waals surface area contributed by atoms with Gasteiger partial charge in [-0.3, -0.25) is 0 Å². The Morgan fingerprint density at radius 1 is 1.25 bits per heavy atom. The molecule has 3 nitrogen and oxygen atoms in total. The van der Waals surface area contributed by atoms with Crippen molar-refractivity contribution in [2.75, 3.05) is 32.2 Å². The maximum Gasteiger partial charge on any atom is 0.121 e. The molecule has 0 aliphatic rings. The minimum Gasteiger partial charge on any atom is -0.496 e. The Bertz CT molecular complexity index is 313. The quantitative estimate of drug-likeness (QED) is 0.721. The van der Waals surface area contributed by atoms with Crippen molar-refractivity contribution in [2.45, 2.75) is 20.3 Å². The summed E-state index contributed by atoms with van der Waals surface area (Å²) in [5, 5.41) is 3.32. The molecule has 0 aliphatic heterocycles. The van der Waals surface area contributed by atoms with E-state index in [2.05, 4.69) is 18.3 Å². The van der Waals surface area contributed by atoms with Gasteiger partial charge in [0.25, 0.3) is 0 Å². The van der Waals surface area contributed by atoms with Crippen LogP contribution in [0.2, 0.25) is 0 Å². The second-order valence-corrected chi connectivity index (χ2v) is 3.72. The fourth-order valence-corrected chi connectivity index (χ4v) is 1.50. The predicted octanol–water partition coefficient (Wildman–Crippen LogP) is 2.84. The molecule has 16 heavy (non-hydrogen) atoms. The summed E-state index contributed by atoms with van der Waals surface area (Å²) in [5.41, 5.74) is 2.25. The molecule has 90 valence electrons. The molecule has 0 heterocycles. The lowest BCUT2D eigenvalue weighted by molar-refractivity contribution is 0.144. The first-order valence-corrected chi connectivity index (χ1v) is 5.74. The van der Waals surface area contributed by atoms with Crippen molar-refractivity contribution in [2.24, 2.45) is 0 Å². The molecule has 1 aromatic rings. The maximum atomic E-state index is 5.39. The van der Waals surface area contributed by atoms with E-state index in [0.717, 1.165) is 43.2 Å². The first-order valence-electron chi connectivity index (χ1n) is 5.74. The van der Waals surface area contributed by atoms with E-state index in [1.54, 1.807) is 7.11 Å². The maximum absolute atomic E-state index is 5.39. The molecule has 3 heteroatoms. The topological polar surface area (TPSA) is 30.5 Å². The van der Waals surface area contributed by atoms with Crippen molar-refractivity contribution >= 4 is 5.69 Å². The van der Waals surface area contributed by atoms with Crippen LogP contribution in [0.5, 0.6) is 5.75 Å². The largest absolute Gasteiger partial charge is 0.496 e. The van der Waals surface area contributed by atoms with E-state index in [1.807, 2.05) is 19.1 Å². The van der Waals surface area contributed by atoms with Crippen LogP contribution in [0, 0.1) is 6.92 Å². The van der Waals surface area contributed by atoms with Gasteiger partial charge in [-0.1, -0.05) is 6.92 Å². The fraction of sp³-hybridized carbons (Fsp3) is 0.538. The summed E-state index contributed by atoms with van der Waals surface area (Å²) in [6.07, 6.45) is 1.07. The van der Waals surface area contributed by atoms with E-state index in [9.17, 15) is 0 Å². The third-order valence-corrected chi connectivity index (χ3v) is 2.32. The normalized spacial score (nSPS) is 10.2. The first kappa shape index (κ1) is 12.8. The summed E-state index contributed by atoms with van der Waals surface area (Å²) < 4.78 is 10.6. The number of benzene rings is 1. The highest BCUT2D eigenvalue weighted by Crippen LogP contribution is 2.20. The molecule has 1 rings (SSSR count). The third kappa shape index (κ3) is 4.11. The van der Waals surface area contributed by atoms with E-state index in [0.29, 0.717) is 0 Å². The van der Waals surface area contributed by atoms with E-state index >= 15 is 0 Å². The van der Waals surface area contributed by atoms with Gasteiger partial charge in [0, 0.05) is 18.8 Å². The lowest BCUT2D eigenvalue weighted by Crippen LogP contribution is -2.09. The van der Waals surface area contributed by atoms with Crippen molar-refractivity contribution in [1.29, 1.82) is 0 Å². The molecular weight excluding hydrogens is 202 g/mol. The Hall–Kier alpha value is -1.22. The number of rotatable bonds is 7. The molecule has 0 fully saturated rings. The number of methoxy groups -OCH3 is 1. The Morgan fingerprint density at radius 2 is 2.06 bits per heavy atom. The summed E-state index contributed by atoms with van der Waals surface area (Å²) in [4.78, 5) is 0. The smallest absolute Gasteiger partial charge is 0.121 e. The molecule has 0 saturated carbocycles. The van der Waals surface area contributed by atoms with Gasteiger partial charge in [-0.15, -0.1) is 0 Å². The van der Waals surface area contributed by atoms with Crippen LogP contribution in [-0.2, 0) is 4.74 Å². The standard InChI is InChI=1S/C13H21NO2/c1-4-8-16-9-7-14-12-5-6-13(15-3)11(2)10-12/h5-6,10,14H,4,7-9H2,1-3H3. The number of aryl methyl sites for hydroxylation is 1. The average molecular weight is 223 g/mol. The fourth-order valence-electron chi connectivity index (χ4n) is 1.50. The zero-order chi connectivity index (χ0) is 11.8. The van der Waals surface area contributed by atoms with Gasteiger partial charge in [-0.2, -0.15) is 0 Å². The lowest BCUT2D eigenvalue weighted by atomic mass is 10.2. The van der Waals surface area contributed by atoms with Gasteiger partial charge < -0.3 is 14.8 Å². The molecule has 1 N–H and O–H groups in total. The molecule has 0 amide bonds. The molecule has 0 bridgehead atoms. The van der Waals surface area contributed by atoms with Gasteiger partial charge in [0.15, 0.2) is 0 Å². The zero-order valence-corrected chi connectivity index (χ0v) is 10.4. The third-order valence-electron chi connectivity index (χ3n) is 2.32. The molecule has 0 saturated heterocycles. The van der Waals surface area contributed by atoms with Crippen LogP contribution >= 0.6 is 0 Å². The highest BCUT2D eigenvalue weighted by atomic mass is 16.5.